The Balaban J connectivity index is 2.00. The third-order valence-corrected chi connectivity index (χ3v) is 21.1. The van der Waals surface area contributed by atoms with Crippen LogP contribution >= 0.6 is 18.6 Å². The molecule has 0 bridgehead atoms. The van der Waals surface area contributed by atoms with Gasteiger partial charge in [-0.15, -0.1) is 0 Å². The van der Waals surface area contributed by atoms with Gasteiger partial charge in [-0.2, -0.15) is 0 Å². The third-order valence-electron chi connectivity index (χ3n) is 6.36. The Bertz CT molecular complexity index is 1110. The van der Waals surface area contributed by atoms with E-state index in [-0.39, 0.29) is 9.64 Å². The molecule has 30 heavy (non-hydrogen) atoms. The van der Waals surface area contributed by atoms with Crippen molar-refractivity contribution in [3.8, 4) is 0 Å². The summed E-state index contributed by atoms with van der Waals surface area (Å²) in [4.78, 5) is 0. The van der Waals surface area contributed by atoms with Gasteiger partial charge in [-0.05, 0) is 0 Å². The van der Waals surface area contributed by atoms with Crippen LogP contribution < -0.4 is 3.87 Å². The maximum atomic E-state index is 7.40. The summed E-state index contributed by atoms with van der Waals surface area (Å²) in [7, 11) is 16.5. The van der Waals surface area contributed by atoms with E-state index in [9.17, 15) is 0 Å². The molecule has 3 aromatic rings. The van der Waals surface area contributed by atoms with Crippen molar-refractivity contribution in [1.29, 1.82) is 0 Å². The fourth-order valence-corrected chi connectivity index (χ4v) is 10.2. The second kappa shape index (κ2) is 7.66. The van der Waals surface area contributed by atoms with E-state index in [0.717, 1.165) is 9.43 Å². The summed E-state index contributed by atoms with van der Waals surface area (Å²) in [6.45, 7) is 6.25. The Labute approximate surface area is 188 Å². The van der Waals surface area contributed by atoms with Gasteiger partial charge in [-0.1, -0.05) is 0 Å². The van der Waals surface area contributed by atoms with Crippen molar-refractivity contribution in [3.63, 3.8) is 0 Å². The summed E-state index contributed by atoms with van der Waals surface area (Å²) in [5, 5.41) is 0. The number of hydrogen-bond donors (Lipinski definition) is 0. The van der Waals surface area contributed by atoms with Crippen molar-refractivity contribution < 1.29 is 16.9 Å². The first-order chi connectivity index (χ1) is 14.2. The van der Waals surface area contributed by atoms with Crippen molar-refractivity contribution in [2.45, 2.75) is 30.4 Å². The van der Waals surface area contributed by atoms with Crippen molar-refractivity contribution in [3.05, 3.63) is 101 Å². The van der Waals surface area contributed by atoms with Crippen molar-refractivity contribution in [2.24, 2.45) is 0 Å². The first-order valence-electron chi connectivity index (χ1n) is 10.2. The van der Waals surface area contributed by atoms with E-state index in [4.69, 9.17) is 21.9 Å². The molecule has 1 nitrogen and oxygen atoms in total. The van der Waals surface area contributed by atoms with E-state index in [1.54, 1.807) is 7.11 Å². The van der Waals surface area contributed by atoms with E-state index in [2.05, 4.69) is 93.6 Å². The van der Waals surface area contributed by atoms with Crippen LogP contribution in [0.5, 0.6) is 0 Å². The van der Waals surface area contributed by atoms with Crippen LogP contribution in [-0.2, 0) is 16.9 Å². The molecular weight excluding hydrogens is 447 g/mol. The monoisotopic (exact) mass is 473 g/mol. The van der Waals surface area contributed by atoms with Crippen molar-refractivity contribution in [1.82, 2.24) is 0 Å². The molecule has 0 amide bonds. The molecule has 1 aliphatic carbocycles. The molecule has 1 aliphatic rings. The molecule has 0 saturated carbocycles. The minimum absolute atomic E-state index is 0.0535. The normalized spacial score (nSPS) is 17.7. The van der Waals surface area contributed by atoms with Crippen LogP contribution in [0.25, 0.3) is 11.6 Å². The maximum absolute atomic E-state index is 7.40. The van der Waals surface area contributed by atoms with Crippen LogP contribution in [0.15, 0.2) is 78.9 Å². The van der Waals surface area contributed by atoms with E-state index >= 15 is 0 Å². The molecule has 0 spiro atoms. The average Bonchev–Trinajstić information content (AvgIpc) is 3.13. The average molecular weight is 474 g/mol. The van der Waals surface area contributed by atoms with Crippen LogP contribution in [0.1, 0.15) is 48.9 Å². The Hall–Kier alpha value is -1.35. The van der Waals surface area contributed by atoms with Crippen LogP contribution in [0.4, 0.5) is 0 Å². The van der Waals surface area contributed by atoms with Crippen LogP contribution in [0, 0.1) is 0 Å². The second-order valence-electron chi connectivity index (χ2n) is 9.00. The Morgan fingerprint density at radius 1 is 0.767 bits per heavy atom. The molecule has 0 N–H and O–H groups in total. The van der Waals surface area contributed by atoms with Crippen LogP contribution in [-0.4, -0.2) is 7.11 Å². The van der Waals surface area contributed by atoms with Gasteiger partial charge in [0.05, 0.1) is 0 Å². The van der Waals surface area contributed by atoms with Crippen molar-refractivity contribution in [2.75, 3.05) is 7.11 Å². The summed E-state index contributed by atoms with van der Waals surface area (Å²) in [6.07, 6.45) is 2.29. The number of fused-ring (bicyclic) bond motifs is 1. The first kappa shape index (κ1) is 21.9. The first-order valence-corrected chi connectivity index (χ1v) is 16.7. The summed E-state index contributed by atoms with van der Waals surface area (Å²) >= 11 is -4.60. The fraction of sp³-hybridized carbons (Fsp3) is 0.231. The Morgan fingerprint density at radius 2 is 1.33 bits per heavy atom. The third kappa shape index (κ3) is 3.32. The molecule has 1 unspecified atom stereocenters. The second-order valence-corrected chi connectivity index (χ2v) is 22.5. The Morgan fingerprint density at radius 3 is 1.97 bits per heavy atom. The summed E-state index contributed by atoms with van der Waals surface area (Å²) < 4.78 is 6.69. The van der Waals surface area contributed by atoms with E-state index in [1.165, 1.54) is 22.3 Å². The number of benzene rings is 3. The number of rotatable bonds is 4. The molecule has 0 heterocycles. The van der Waals surface area contributed by atoms with Crippen LogP contribution in [0.3, 0.4) is 0 Å². The molecule has 0 aromatic heterocycles. The SMILES string of the molecule is C[O][Ti]([Cl])([Cl])([c]1ccccc1C1C(c2ccccc2)=Cc2ccccc21)[C](C)(C)C. The summed E-state index contributed by atoms with van der Waals surface area (Å²) in [5.74, 6) is 0.0535. The molecule has 155 valence electrons. The van der Waals surface area contributed by atoms with E-state index < -0.39 is 13.6 Å². The van der Waals surface area contributed by atoms with Gasteiger partial charge in [0.25, 0.3) is 0 Å². The molecule has 1 atom stereocenters. The van der Waals surface area contributed by atoms with Gasteiger partial charge >= 0.3 is 190 Å². The topological polar surface area (TPSA) is 9.23 Å². The number of allylic oxidation sites excluding steroid dienone is 1. The zero-order valence-corrected chi connectivity index (χ0v) is 20.9. The molecule has 3 aromatic carbocycles. The van der Waals surface area contributed by atoms with Gasteiger partial charge in [0.15, 0.2) is 0 Å². The van der Waals surface area contributed by atoms with Crippen LogP contribution in [0.2, 0.25) is 3.72 Å². The zero-order chi connectivity index (χ0) is 21.6. The quantitative estimate of drug-likeness (QED) is 0.351. The molecule has 4 rings (SSSR count). The molecule has 4 heteroatoms. The predicted octanol–water partition coefficient (Wildman–Crippen LogP) is 7.78. The van der Waals surface area contributed by atoms with Gasteiger partial charge in [0, 0.05) is 0 Å². The fourth-order valence-electron chi connectivity index (χ4n) is 4.49. The van der Waals surface area contributed by atoms with E-state index in [1.807, 2.05) is 12.1 Å². The van der Waals surface area contributed by atoms with Gasteiger partial charge in [-0.25, -0.2) is 0 Å². The molecule has 0 saturated heterocycles. The van der Waals surface area contributed by atoms with Gasteiger partial charge in [0.1, 0.15) is 0 Å². The van der Waals surface area contributed by atoms with Gasteiger partial charge in [0.2, 0.25) is 0 Å². The minimum atomic E-state index is -4.60. The van der Waals surface area contributed by atoms with Crippen molar-refractivity contribution >= 4 is 34.1 Å². The summed E-state index contributed by atoms with van der Waals surface area (Å²) in [5.41, 5.74) is 6.11. The molecule has 0 fully saturated rings. The van der Waals surface area contributed by atoms with Gasteiger partial charge in [-0.3, -0.25) is 0 Å². The molecule has 0 radical (unpaired) electrons. The molecule has 0 aliphatic heterocycles. The summed E-state index contributed by atoms with van der Waals surface area (Å²) in [6, 6.07) is 27.4. The standard InChI is InChI=1S/C21H15.C4H9.CH3O.2ClH.Ti/c1-3-9-16(10-4-1)20-15-18-13-7-8-14-19(18)21(20)17-11-5-2-6-12-17;1-4(2)3;1-2;;;/h1-11,13-15,21H;1-3H3;1H3;2*1H;/q;;-1;;;+3/p-2. The van der Waals surface area contributed by atoms with Gasteiger partial charge < -0.3 is 0 Å². The van der Waals surface area contributed by atoms with E-state index in [0.29, 0.717) is 0 Å². The number of hydrogen-bond acceptors (Lipinski definition) is 1. The number of halogens is 2. The molecular formula is C26H27Cl2OTi. The Kier molecular flexibility index (Phi) is 5.58. The zero-order valence-electron chi connectivity index (χ0n) is 17.8. The predicted molar refractivity (Wildman–Crippen MR) is 127 cm³/mol.